The minimum atomic E-state index is -0.135. The summed E-state index contributed by atoms with van der Waals surface area (Å²) < 4.78 is 0. The summed E-state index contributed by atoms with van der Waals surface area (Å²) in [7, 11) is 0. The number of nitrogens with zero attached hydrogens (tertiary/aromatic N) is 3. The fraction of sp³-hybridized carbons (Fsp3) is 0.417. The number of benzene rings is 1. The van der Waals surface area contributed by atoms with Crippen LogP contribution >= 0.6 is 11.6 Å². The average molecular weight is 267 g/mol. The lowest BCUT2D eigenvalue weighted by atomic mass is 10.1. The van der Waals surface area contributed by atoms with Gasteiger partial charge in [-0.15, -0.1) is 0 Å². The van der Waals surface area contributed by atoms with Crippen molar-refractivity contribution >= 4 is 17.5 Å². The average Bonchev–Trinajstić information content (AvgIpc) is 2.32. The Morgan fingerprint density at radius 3 is 2.89 bits per heavy atom. The van der Waals surface area contributed by atoms with Gasteiger partial charge >= 0.3 is 0 Å². The number of rotatable bonds is 6. The van der Waals surface area contributed by atoms with Crippen LogP contribution in [-0.4, -0.2) is 19.0 Å². The van der Waals surface area contributed by atoms with Gasteiger partial charge in [0.25, 0.3) is 5.91 Å². The summed E-state index contributed by atoms with van der Waals surface area (Å²) in [5.74, 6) is -0.135. The maximum atomic E-state index is 11.8. The summed E-state index contributed by atoms with van der Waals surface area (Å²) in [6.45, 7) is 2.91. The number of unbranched alkanes of at least 4 members (excludes halogenated alkanes) is 1. The summed E-state index contributed by atoms with van der Waals surface area (Å²) >= 11 is 5.89. The van der Waals surface area contributed by atoms with Gasteiger partial charge in [0.15, 0.2) is 0 Å². The van der Waals surface area contributed by atoms with Gasteiger partial charge in [0.1, 0.15) is 0 Å². The SMILES string of the molecule is Cc1cc(Cl)cc(C(=O)NCCCCN=[N+]=[N-])c1. The minimum absolute atomic E-state index is 0.135. The lowest BCUT2D eigenvalue weighted by molar-refractivity contribution is 0.0953. The maximum absolute atomic E-state index is 11.8. The molecule has 0 radical (unpaired) electrons. The summed E-state index contributed by atoms with van der Waals surface area (Å²) in [5, 5.41) is 6.78. The van der Waals surface area contributed by atoms with E-state index < -0.39 is 0 Å². The number of amides is 1. The smallest absolute Gasteiger partial charge is 0.251 e. The first-order valence-corrected chi connectivity index (χ1v) is 6.07. The highest BCUT2D eigenvalue weighted by Crippen LogP contribution is 2.14. The molecule has 1 amide bonds. The zero-order valence-corrected chi connectivity index (χ0v) is 10.9. The Bertz CT molecular complexity index is 449. The van der Waals surface area contributed by atoms with E-state index in [1.807, 2.05) is 6.92 Å². The molecule has 0 bridgehead atoms. The number of halogens is 1. The van der Waals surface area contributed by atoms with Crippen LogP contribution in [0.1, 0.15) is 28.8 Å². The van der Waals surface area contributed by atoms with Gasteiger partial charge in [-0.3, -0.25) is 4.79 Å². The van der Waals surface area contributed by atoms with Crippen molar-refractivity contribution in [3.05, 3.63) is 44.8 Å². The van der Waals surface area contributed by atoms with Gasteiger partial charge in [0.2, 0.25) is 0 Å². The first kappa shape index (κ1) is 14.4. The van der Waals surface area contributed by atoms with Crippen molar-refractivity contribution in [3.8, 4) is 0 Å². The minimum Gasteiger partial charge on any atom is -0.352 e. The van der Waals surface area contributed by atoms with Gasteiger partial charge in [-0.25, -0.2) is 0 Å². The highest BCUT2D eigenvalue weighted by Gasteiger charge is 2.06. The van der Waals surface area contributed by atoms with Gasteiger partial charge in [-0.2, -0.15) is 0 Å². The number of carbonyl (C=O) groups excluding carboxylic acids is 1. The first-order valence-electron chi connectivity index (χ1n) is 5.69. The monoisotopic (exact) mass is 266 g/mol. The Balaban J connectivity index is 2.38. The van der Waals surface area contributed by atoms with Gasteiger partial charge < -0.3 is 5.32 Å². The number of hydrogen-bond acceptors (Lipinski definition) is 2. The van der Waals surface area contributed by atoms with Crippen LogP contribution in [0.3, 0.4) is 0 Å². The Morgan fingerprint density at radius 1 is 1.44 bits per heavy atom. The standard InChI is InChI=1S/C12H15ClN4O/c1-9-6-10(8-11(13)7-9)12(18)15-4-2-3-5-16-17-14/h6-8H,2-5H2,1H3,(H,15,18). The Kier molecular flexibility index (Phi) is 6.05. The van der Waals surface area contributed by atoms with Gasteiger partial charge in [-0.1, -0.05) is 16.7 Å². The third-order valence-corrected chi connectivity index (χ3v) is 2.56. The second-order valence-corrected chi connectivity index (χ2v) is 4.37. The van der Waals surface area contributed by atoms with Gasteiger partial charge in [0, 0.05) is 28.6 Å². The molecule has 0 spiro atoms. The van der Waals surface area contributed by atoms with Crippen molar-refractivity contribution in [2.45, 2.75) is 19.8 Å². The Labute approximate surface area is 111 Å². The molecule has 18 heavy (non-hydrogen) atoms. The van der Waals surface area contributed by atoms with Gasteiger partial charge in [-0.05, 0) is 49.1 Å². The van der Waals surface area contributed by atoms with E-state index in [9.17, 15) is 4.79 Å². The van der Waals surface area contributed by atoms with Crippen molar-refractivity contribution in [2.75, 3.05) is 13.1 Å². The fourth-order valence-corrected chi connectivity index (χ4v) is 1.81. The van der Waals surface area contributed by atoms with Crippen molar-refractivity contribution in [1.29, 1.82) is 0 Å². The van der Waals surface area contributed by atoms with Crippen molar-refractivity contribution in [1.82, 2.24) is 5.32 Å². The molecule has 0 aliphatic carbocycles. The van der Waals surface area contributed by atoms with Gasteiger partial charge in [0.05, 0.1) is 0 Å². The molecule has 0 saturated carbocycles. The van der Waals surface area contributed by atoms with E-state index in [4.69, 9.17) is 17.1 Å². The zero-order chi connectivity index (χ0) is 13.4. The quantitative estimate of drug-likeness (QED) is 0.364. The molecular formula is C12H15ClN4O. The van der Waals surface area contributed by atoms with E-state index in [2.05, 4.69) is 15.3 Å². The Hall–Kier alpha value is -1.71. The fourth-order valence-electron chi connectivity index (χ4n) is 1.52. The number of nitrogens with one attached hydrogen (secondary N) is 1. The second kappa shape index (κ2) is 7.58. The predicted molar refractivity (Wildman–Crippen MR) is 71.8 cm³/mol. The molecule has 1 aromatic rings. The maximum Gasteiger partial charge on any atom is 0.251 e. The second-order valence-electron chi connectivity index (χ2n) is 3.93. The molecule has 1 aromatic carbocycles. The van der Waals surface area contributed by atoms with Crippen LogP contribution < -0.4 is 5.32 Å². The third kappa shape index (κ3) is 5.08. The molecule has 0 unspecified atom stereocenters. The van der Waals surface area contributed by atoms with Crippen molar-refractivity contribution in [3.63, 3.8) is 0 Å². The van der Waals surface area contributed by atoms with Crippen LogP contribution in [0.15, 0.2) is 23.3 Å². The highest BCUT2D eigenvalue weighted by atomic mass is 35.5. The molecule has 96 valence electrons. The number of carbonyl (C=O) groups is 1. The summed E-state index contributed by atoms with van der Waals surface area (Å²) in [4.78, 5) is 14.4. The van der Waals surface area contributed by atoms with E-state index in [1.54, 1.807) is 18.2 Å². The molecule has 1 N–H and O–H groups in total. The number of hydrogen-bond donors (Lipinski definition) is 1. The van der Waals surface area contributed by atoms with Crippen LogP contribution in [0, 0.1) is 6.92 Å². The topological polar surface area (TPSA) is 77.9 Å². The molecule has 0 aromatic heterocycles. The summed E-state index contributed by atoms with van der Waals surface area (Å²) in [5.41, 5.74) is 9.61. The summed E-state index contributed by atoms with van der Waals surface area (Å²) in [6.07, 6.45) is 1.54. The van der Waals surface area contributed by atoms with Crippen LogP contribution in [0.4, 0.5) is 0 Å². The largest absolute Gasteiger partial charge is 0.352 e. The summed E-state index contributed by atoms with van der Waals surface area (Å²) in [6, 6.07) is 5.24. The lowest BCUT2D eigenvalue weighted by Gasteiger charge is -2.06. The van der Waals surface area contributed by atoms with Crippen LogP contribution in [0.5, 0.6) is 0 Å². The third-order valence-electron chi connectivity index (χ3n) is 2.34. The molecule has 6 heteroatoms. The van der Waals surface area contributed by atoms with Crippen LogP contribution in [-0.2, 0) is 0 Å². The molecular weight excluding hydrogens is 252 g/mol. The first-order chi connectivity index (χ1) is 8.63. The molecule has 0 heterocycles. The molecule has 0 aliphatic rings. The van der Waals surface area contributed by atoms with Crippen LogP contribution in [0.25, 0.3) is 10.4 Å². The van der Waals surface area contributed by atoms with E-state index >= 15 is 0 Å². The van der Waals surface area contributed by atoms with E-state index in [0.29, 0.717) is 23.7 Å². The molecule has 1 rings (SSSR count). The highest BCUT2D eigenvalue weighted by molar-refractivity contribution is 6.31. The number of azide groups is 1. The molecule has 0 atom stereocenters. The van der Waals surface area contributed by atoms with E-state index in [-0.39, 0.29) is 5.91 Å². The number of aryl methyl sites for hydroxylation is 1. The molecule has 0 saturated heterocycles. The molecule has 0 aliphatic heterocycles. The van der Waals surface area contributed by atoms with E-state index in [1.165, 1.54) is 0 Å². The van der Waals surface area contributed by atoms with E-state index in [0.717, 1.165) is 18.4 Å². The van der Waals surface area contributed by atoms with Crippen molar-refractivity contribution in [2.24, 2.45) is 5.11 Å². The van der Waals surface area contributed by atoms with Crippen LogP contribution in [0.2, 0.25) is 5.02 Å². The van der Waals surface area contributed by atoms with Crippen molar-refractivity contribution < 1.29 is 4.79 Å². The normalized spacial score (nSPS) is 9.67. The Morgan fingerprint density at radius 2 is 2.22 bits per heavy atom. The predicted octanol–water partition coefficient (Wildman–Crippen LogP) is 3.47. The molecule has 0 fully saturated rings. The zero-order valence-electron chi connectivity index (χ0n) is 10.2. The lowest BCUT2D eigenvalue weighted by Crippen LogP contribution is -2.24. The molecule has 5 nitrogen and oxygen atoms in total.